The molecule has 6 nitrogen and oxygen atoms in total. The molecule has 0 aromatic heterocycles. The summed E-state index contributed by atoms with van der Waals surface area (Å²) in [7, 11) is 0. The lowest BCUT2D eigenvalue weighted by atomic mass is 9.80. The molecule has 0 amide bonds. The minimum atomic E-state index is 0. The van der Waals surface area contributed by atoms with Gasteiger partial charge in [0.15, 0.2) is 5.96 Å². The predicted molar refractivity (Wildman–Crippen MR) is 133 cm³/mol. The summed E-state index contributed by atoms with van der Waals surface area (Å²) in [6.07, 6.45) is 11.9. The number of nitrogens with one attached hydrogen (secondary N) is 2. The van der Waals surface area contributed by atoms with Crippen molar-refractivity contribution in [1.29, 1.82) is 0 Å². The van der Waals surface area contributed by atoms with Gasteiger partial charge in [0.25, 0.3) is 0 Å². The van der Waals surface area contributed by atoms with E-state index < -0.39 is 0 Å². The van der Waals surface area contributed by atoms with Crippen molar-refractivity contribution in [2.24, 2.45) is 4.99 Å². The molecule has 0 aromatic carbocycles. The summed E-state index contributed by atoms with van der Waals surface area (Å²) in [6.45, 7) is 12.8. The fraction of sp³-hybridized carbons (Fsp3) is 0.955. The Labute approximate surface area is 195 Å². The van der Waals surface area contributed by atoms with Crippen LogP contribution in [0, 0.1) is 0 Å². The molecule has 2 N–H and O–H groups in total. The molecule has 0 unspecified atom stereocenters. The third-order valence-electron chi connectivity index (χ3n) is 6.73. The topological polar surface area (TPSA) is 52.1 Å². The van der Waals surface area contributed by atoms with Crippen molar-refractivity contribution >= 4 is 29.9 Å². The normalized spacial score (nSPS) is 23.6. The van der Waals surface area contributed by atoms with Crippen LogP contribution in [0.4, 0.5) is 0 Å². The van der Waals surface area contributed by atoms with Gasteiger partial charge >= 0.3 is 0 Å². The minimum Gasteiger partial charge on any atom is -0.379 e. The first-order valence-corrected chi connectivity index (χ1v) is 11.9. The molecule has 0 aromatic rings. The molecule has 1 aliphatic carbocycles. The molecular formula is C22H44IN5O. The van der Waals surface area contributed by atoms with Crippen LogP contribution in [-0.4, -0.2) is 86.9 Å². The first kappa shape index (κ1) is 25.1. The summed E-state index contributed by atoms with van der Waals surface area (Å²) >= 11 is 0. The summed E-state index contributed by atoms with van der Waals surface area (Å²) in [4.78, 5) is 10.3. The maximum atomic E-state index is 5.61. The lowest BCUT2D eigenvalue weighted by Gasteiger charge is -2.47. The number of morpholine rings is 1. The zero-order valence-corrected chi connectivity index (χ0v) is 20.9. The fourth-order valence-corrected chi connectivity index (χ4v) is 5.06. The number of unbranched alkanes of at least 4 members (excludes halogenated alkanes) is 1. The molecule has 2 aliphatic heterocycles. The van der Waals surface area contributed by atoms with Gasteiger partial charge in [-0.1, -0.05) is 19.3 Å². The van der Waals surface area contributed by atoms with E-state index >= 15 is 0 Å². The standard InChI is InChI=1S/C22H43N5O.HI/c1-2-23-21(24-12-6-7-13-26-14-8-9-15-26)25-20-22(10-4-3-5-11-22)27-16-18-28-19-17-27;/h2-20H2,1H3,(H2,23,24,25);1H. The quantitative estimate of drug-likeness (QED) is 0.212. The number of aliphatic imine (C=N–C) groups is 1. The Balaban J connectivity index is 0.00000300. The van der Waals surface area contributed by atoms with Crippen LogP contribution in [-0.2, 0) is 4.74 Å². The second-order valence-corrected chi connectivity index (χ2v) is 8.76. The number of halogens is 1. The molecular weight excluding hydrogens is 477 g/mol. The van der Waals surface area contributed by atoms with Gasteiger partial charge in [0.05, 0.1) is 19.8 Å². The summed E-state index contributed by atoms with van der Waals surface area (Å²) in [5.74, 6) is 1.00. The third kappa shape index (κ3) is 8.15. The largest absolute Gasteiger partial charge is 0.379 e. The summed E-state index contributed by atoms with van der Waals surface area (Å²) in [6, 6.07) is 0. The minimum absolute atomic E-state index is 0. The molecule has 1 saturated carbocycles. The zero-order valence-electron chi connectivity index (χ0n) is 18.6. The van der Waals surface area contributed by atoms with Gasteiger partial charge in [-0.3, -0.25) is 9.89 Å². The molecule has 170 valence electrons. The third-order valence-corrected chi connectivity index (χ3v) is 6.73. The number of guanidine groups is 1. The van der Waals surface area contributed by atoms with Crippen LogP contribution >= 0.6 is 24.0 Å². The summed E-state index contributed by atoms with van der Waals surface area (Å²) in [5.41, 5.74) is 0.250. The fourth-order valence-electron chi connectivity index (χ4n) is 5.06. The smallest absolute Gasteiger partial charge is 0.191 e. The van der Waals surface area contributed by atoms with Crippen LogP contribution in [0.25, 0.3) is 0 Å². The Kier molecular flexibility index (Phi) is 12.2. The SMILES string of the molecule is CCNC(=NCC1(N2CCOCC2)CCCCC1)NCCCCN1CCCC1.I. The van der Waals surface area contributed by atoms with Gasteiger partial charge in [-0.25, -0.2) is 0 Å². The average molecular weight is 522 g/mol. The number of hydrogen-bond donors (Lipinski definition) is 2. The van der Waals surface area contributed by atoms with Gasteiger partial charge in [0.2, 0.25) is 0 Å². The highest BCUT2D eigenvalue weighted by Crippen LogP contribution is 2.34. The van der Waals surface area contributed by atoms with Crippen LogP contribution in [0.15, 0.2) is 4.99 Å². The van der Waals surface area contributed by atoms with E-state index in [-0.39, 0.29) is 29.5 Å². The number of likely N-dealkylation sites (tertiary alicyclic amines) is 1. The highest BCUT2D eigenvalue weighted by Gasteiger charge is 2.38. The number of ether oxygens (including phenoxy) is 1. The first-order chi connectivity index (χ1) is 13.8. The van der Waals surface area contributed by atoms with Crippen LogP contribution < -0.4 is 10.6 Å². The Morgan fingerprint density at radius 3 is 2.34 bits per heavy atom. The van der Waals surface area contributed by atoms with E-state index in [1.54, 1.807) is 0 Å². The molecule has 2 heterocycles. The maximum absolute atomic E-state index is 5.61. The molecule has 7 heteroatoms. The van der Waals surface area contributed by atoms with Gasteiger partial charge in [-0.05, 0) is 65.1 Å². The molecule has 0 spiro atoms. The molecule has 0 bridgehead atoms. The second kappa shape index (κ2) is 14.0. The van der Waals surface area contributed by atoms with Crippen molar-refractivity contribution in [3.05, 3.63) is 0 Å². The van der Waals surface area contributed by atoms with Crippen LogP contribution in [0.1, 0.15) is 64.7 Å². The molecule has 0 radical (unpaired) electrons. The number of hydrogen-bond acceptors (Lipinski definition) is 4. The van der Waals surface area contributed by atoms with Crippen molar-refractivity contribution in [2.75, 3.05) is 65.6 Å². The van der Waals surface area contributed by atoms with Gasteiger partial charge in [0.1, 0.15) is 0 Å². The van der Waals surface area contributed by atoms with Crippen LogP contribution in [0.5, 0.6) is 0 Å². The van der Waals surface area contributed by atoms with E-state index in [9.17, 15) is 0 Å². The average Bonchev–Trinajstić information content (AvgIpc) is 3.26. The van der Waals surface area contributed by atoms with Crippen LogP contribution in [0.3, 0.4) is 0 Å². The molecule has 29 heavy (non-hydrogen) atoms. The van der Waals surface area contributed by atoms with Gasteiger partial charge in [-0.15, -0.1) is 24.0 Å². The number of nitrogens with zero attached hydrogens (tertiary/aromatic N) is 3. The van der Waals surface area contributed by atoms with E-state index in [1.165, 1.54) is 77.4 Å². The van der Waals surface area contributed by atoms with E-state index in [0.717, 1.165) is 51.9 Å². The molecule has 2 saturated heterocycles. The molecule has 3 rings (SSSR count). The lowest BCUT2D eigenvalue weighted by molar-refractivity contribution is -0.0333. The highest BCUT2D eigenvalue weighted by molar-refractivity contribution is 14.0. The van der Waals surface area contributed by atoms with Crippen molar-refractivity contribution < 1.29 is 4.74 Å². The van der Waals surface area contributed by atoms with Crippen molar-refractivity contribution in [2.45, 2.75) is 70.3 Å². The Hall–Kier alpha value is -0.120. The number of rotatable bonds is 9. The van der Waals surface area contributed by atoms with Crippen molar-refractivity contribution in [3.63, 3.8) is 0 Å². The monoisotopic (exact) mass is 521 g/mol. The van der Waals surface area contributed by atoms with Gasteiger partial charge < -0.3 is 20.3 Å². The molecule has 3 fully saturated rings. The summed E-state index contributed by atoms with van der Waals surface area (Å²) < 4.78 is 5.61. The second-order valence-electron chi connectivity index (χ2n) is 8.76. The lowest BCUT2D eigenvalue weighted by Crippen LogP contribution is -2.56. The maximum Gasteiger partial charge on any atom is 0.191 e. The Bertz CT molecular complexity index is 458. The van der Waals surface area contributed by atoms with Crippen molar-refractivity contribution in [3.8, 4) is 0 Å². The van der Waals surface area contributed by atoms with Crippen LogP contribution in [0.2, 0.25) is 0 Å². The predicted octanol–water partition coefficient (Wildman–Crippen LogP) is 3.07. The van der Waals surface area contributed by atoms with Crippen molar-refractivity contribution in [1.82, 2.24) is 20.4 Å². The summed E-state index contributed by atoms with van der Waals surface area (Å²) in [5, 5.41) is 7.04. The van der Waals surface area contributed by atoms with E-state index in [0.29, 0.717) is 0 Å². The Morgan fingerprint density at radius 1 is 0.931 bits per heavy atom. The zero-order chi connectivity index (χ0) is 19.5. The molecule has 0 atom stereocenters. The highest BCUT2D eigenvalue weighted by atomic mass is 127. The first-order valence-electron chi connectivity index (χ1n) is 11.9. The van der Waals surface area contributed by atoms with E-state index in [1.807, 2.05) is 0 Å². The van der Waals surface area contributed by atoms with Gasteiger partial charge in [-0.2, -0.15) is 0 Å². The Morgan fingerprint density at radius 2 is 1.66 bits per heavy atom. The molecule has 3 aliphatic rings. The van der Waals surface area contributed by atoms with Gasteiger partial charge in [0, 0.05) is 31.7 Å². The van der Waals surface area contributed by atoms with E-state index in [2.05, 4.69) is 27.4 Å². The van der Waals surface area contributed by atoms with E-state index in [4.69, 9.17) is 9.73 Å².